The van der Waals surface area contributed by atoms with Crippen molar-refractivity contribution in [2.24, 2.45) is 7.05 Å². The molecule has 1 fully saturated rings. The summed E-state index contributed by atoms with van der Waals surface area (Å²) < 4.78 is 33.2. The van der Waals surface area contributed by atoms with Crippen LogP contribution < -0.4 is 10.1 Å². The molecule has 0 spiro atoms. The van der Waals surface area contributed by atoms with Crippen LogP contribution in [0.4, 0.5) is 19.3 Å². The van der Waals surface area contributed by atoms with E-state index in [1.807, 2.05) is 0 Å². The molecule has 0 unspecified atom stereocenters. The van der Waals surface area contributed by atoms with Crippen molar-refractivity contribution < 1.29 is 32.4 Å². The molecule has 4 amide bonds. The molecule has 4 rings (SSSR count). The van der Waals surface area contributed by atoms with Gasteiger partial charge in [-0.3, -0.25) is 14.5 Å². The fourth-order valence-corrected chi connectivity index (χ4v) is 4.64. The quantitative estimate of drug-likeness (QED) is 0.448. The number of carbonyl (C=O) groups excluding carboxylic acids is 3. The molecule has 1 aliphatic rings. The Labute approximate surface area is 235 Å². The number of quaternary nitrogens is 1. The molecule has 0 aliphatic carbocycles. The zero-order valence-corrected chi connectivity index (χ0v) is 23.3. The average Bonchev–Trinajstić information content (AvgIpc) is 3.29. The van der Waals surface area contributed by atoms with Gasteiger partial charge in [0.1, 0.15) is 11.6 Å². The third-order valence-corrected chi connectivity index (χ3v) is 6.81. The first kappa shape index (κ1) is 29.0. The Morgan fingerprint density at radius 1 is 1.05 bits per heavy atom. The van der Waals surface area contributed by atoms with Crippen LogP contribution in [0.25, 0.3) is 11.3 Å². The van der Waals surface area contributed by atoms with Gasteiger partial charge in [-0.15, -0.1) is 0 Å². The number of nitrogens with one attached hydrogen (secondary N) is 1. The van der Waals surface area contributed by atoms with E-state index in [0.717, 1.165) is 6.07 Å². The van der Waals surface area contributed by atoms with Crippen LogP contribution >= 0.6 is 11.6 Å². The van der Waals surface area contributed by atoms with E-state index in [9.17, 15) is 23.2 Å². The minimum atomic E-state index is -1.08. The lowest BCUT2D eigenvalue weighted by atomic mass is 10.1. The molecule has 212 valence electrons. The number of alkyl halides is 1. The summed E-state index contributed by atoms with van der Waals surface area (Å²) in [6.45, 7) is 0.540. The summed E-state index contributed by atoms with van der Waals surface area (Å²) in [6, 6.07) is 8.42. The van der Waals surface area contributed by atoms with Crippen LogP contribution in [-0.4, -0.2) is 95.9 Å². The maximum Gasteiger partial charge on any atom is 0.418 e. The van der Waals surface area contributed by atoms with Gasteiger partial charge in [0.25, 0.3) is 11.8 Å². The predicted molar refractivity (Wildman–Crippen MR) is 146 cm³/mol. The first-order valence-corrected chi connectivity index (χ1v) is 12.8. The summed E-state index contributed by atoms with van der Waals surface area (Å²) in [4.78, 5) is 46.0. The van der Waals surface area contributed by atoms with Gasteiger partial charge in [0, 0.05) is 50.5 Å². The summed E-state index contributed by atoms with van der Waals surface area (Å²) in [6.07, 6.45) is 1.35. The van der Waals surface area contributed by atoms with Crippen LogP contribution in [0.1, 0.15) is 21.0 Å². The van der Waals surface area contributed by atoms with Gasteiger partial charge in [-0.1, -0.05) is 11.6 Å². The first-order chi connectivity index (χ1) is 18.9. The molecule has 1 saturated heterocycles. The van der Waals surface area contributed by atoms with Gasteiger partial charge in [0.2, 0.25) is 6.86 Å². The molecule has 0 bridgehead atoms. The number of hydrogen-bond acceptors (Lipinski definition) is 5. The minimum absolute atomic E-state index is 0.0102. The molecule has 10 nitrogen and oxygen atoms in total. The molecule has 1 aliphatic heterocycles. The van der Waals surface area contributed by atoms with Gasteiger partial charge >= 0.3 is 6.03 Å². The highest BCUT2D eigenvalue weighted by Gasteiger charge is 2.32. The zero-order chi connectivity index (χ0) is 29.2. The topological polar surface area (TPSA) is 96.8 Å². The lowest BCUT2D eigenvalue weighted by molar-refractivity contribution is -0.790. The number of nitrogens with zero attached hydrogens (tertiary/aromatic N) is 5. The number of halogens is 3. The van der Waals surface area contributed by atoms with E-state index in [4.69, 9.17) is 11.6 Å². The van der Waals surface area contributed by atoms with Crippen LogP contribution in [-0.2, 0) is 7.05 Å². The van der Waals surface area contributed by atoms with Gasteiger partial charge in [0.15, 0.2) is 5.82 Å². The number of piperazine rings is 1. The molecule has 0 saturated carbocycles. The molecular weight excluding hydrogens is 546 g/mol. The highest BCUT2D eigenvalue weighted by molar-refractivity contribution is 6.34. The summed E-state index contributed by atoms with van der Waals surface area (Å²) in [5.41, 5.74) is 1.11. The number of anilines is 1. The molecule has 2 aromatic carbocycles. The molecular formula is C27H30ClF2N6O4+. The lowest BCUT2D eigenvalue weighted by Crippen LogP contribution is -2.57. The Bertz CT molecular complexity index is 1450. The summed E-state index contributed by atoms with van der Waals surface area (Å²) in [5, 5.41) is 2.85. The Balaban J connectivity index is 1.42. The highest BCUT2D eigenvalue weighted by Crippen LogP contribution is 2.28. The Morgan fingerprint density at radius 2 is 1.73 bits per heavy atom. The van der Waals surface area contributed by atoms with Gasteiger partial charge in [-0.05, 0) is 30.3 Å². The fraction of sp³-hybridized carbons (Fsp3) is 0.333. The lowest BCUT2D eigenvalue weighted by Gasteiger charge is -2.36. The number of ether oxygens (including phenoxy) is 1. The number of benzene rings is 2. The van der Waals surface area contributed by atoms with Crippen LogP contribution in [0.15, 0.2) is 42.6 Å². The molecule has 1 N–H and O–H groups in total. The normalized spacial score (nSPS) is 13.8. The van der Waals surface area contributed by atoms with Gasteiger partial charge < -0.3 is 19.5 Å². The predicted octanol–water partition coefficient (Wildman–Crippen LogP) is 4.02. The monoisotopic (exact) mass is 575 g/mol. The Kier molecular flexibility index (Phi) is 8.40. The first-order valence-electron chi connectivity index (χ1n) is 12.4. The van der Waals surface area contributed by atoms with Gasteiger partial charge in [0.05, 0.1) is 43.6 Å². The molecule has 0 radical (unpaired) electrons. The molecule has 1 aromatic heterocycles. The van der Waals surface area contributed by atoms with Crippen molar-refractivity contribution in [2.75, 3.05) is 59.5 Å². The fourth-order valence-electron chi connectivity index (χ4n) is 4.38. The highest BCUT2D eigenvalue weighted by atomic mass is 35.5. The Morgan fingerprint density at radius 3 is 2.33 bits per heavy atom. The van der Waals surface area contributed by atoms with Crippen molar-refractivity contribution >= 4 is 35.1 Å². The van der Waals surface area contributed by atoms with E-state index in [2.05, 4.69) is 15.0 Å². The number of imidazole rings is 1. The number of hydrogen-bond donors (Lipinski definition) is 1. The van der Waals surface area contributed by atoms with Crippen molar-refractivity contribution in [3.63, 3.8) is 0 Å². The second-order valence-corrected chi connectivity index (χ2v) is 10.6. The molecule has 40 heavy (non-hydrogen) atoms. The number of aromatic nitrogens is 2. The Hall–Kier alpha value is -4.03. The van der Waals surface area contributed by atoms with Crippen LogP contribution in [0.3, 0.4) is 0 Å². The standard InChI is InChI=1S/C27H29ClF2N6O4/c1-33-23(20-8-6-18(40-16-29)14-22(20)30)15-31-24(33)25(37)32-17-5-7-19(21(28)13-17)26(38)34-9-11-35(12-10-34)27(39)36(2,3)4/h5-8,13-15H,9-12,16H2,1-4H3/p+1. The average molecular weight is 576 g/mol. The molecule has 2 heterocycles. The van der Waals surface area contributed by atoms with Gasteiger partial charge in [-0.2, -0.15) is 0 Å². The minimum Gasteiger partial charge on any atom is -0.463 e. The van der Waals surface area contributed by atoms with Crippen LogP contribution in [0.5, 0.6) is 5.75 Å². The zero-order valence-electron chi connectivity index (χ0n) is 22.6. The number of urea groups is 1. The number of amides is 4. The van der Waals surface area contributed by atoms with Crippen LogP contribution in [0, 0.1) is 5.82 Å². The maximum atomic E-state index is 14.6. The summed E-state index contributed by atoms with van der Waals surface area (Å²) >= 11 is 6.42. The van der Waals surface area contributed by atoms with Crippen molar-refractivity contribution in [1.82, 2.24) is 19.4 Å². The van der Waals surface area contributed by atoms with E-state index >= 15 is 0 Å². The SMILES string of the molecule is Cn1c(-c2ccc(OCF)cc2F)cnc1C(=O)Nc1ccc(C(=O)N2CCN(C(=O)[N+](C)(C)C)CC2)c(Cl)c1. The maximum absolute atomic E-state index is 14.6. The van der Waals surface area contributed by atoms with Crippen LogP contribution in [0.2, 0.25) is 5.02 Å². The van der Waals surface area contributed by atoms with Crippen molar-refractivity contribution in [2.45, 2.75) is 0 Å². The third-order valence-electron chi connectivity index (χ3n) is 6.50. The van der Waals surface area contributed by atoms with E-state index in [0.29, 0.717) is 37.6 Å². The van der Waals surface area contributed by atoms with Crippen molar-refractivity contribution in [1.29, 1.82) is 0 Å². The second kappa shape index (κ2) is 11.6. The molecule has 13 heteroatoms. The van der Waals surface area contributed by atoms with Crippen molar-refractivity contribution in [3.05, 3.63) is 64.8 Å². The molecule has 0 atom stereocenters. The summed E-state index contributed by atoms with van der Waals surface area (Å²) in [5.74, 6) is -1.44. The molecule has 3 aromatic rings. The third kappa shape index (κ3) is 6.07. The van der Waals surface area contributed by atoms with E-state index in [-0.39, 0.29) is 44.1 Å². The number of rotatable bonds is 6. The van der Waals surface area contributed by atoms with E-state index < -0.39 is 18.6 Å². The number of carbonyl (C=O) groups is 3. The largest absolute Gasteiger partial charge is 0.463 e. The smallest absolute Gasteiger partial charge is 0.418 e. The second-order valence-electron chi connectivity index (χ2n) is 10.1. The summed E-state index contributed by atoms with van der Waals surface area (Å²) in [7, 11) is 6.97. The van der Waals surface area contributed by atoms with E-state index in [1.54, 1.807) is 44.1 Å². The van der Waals surface area contributed by atoms with E-state index in [1.165, 1.54) is 35.0 Å². The van der Waals surface area contributed by atoms with Crippen molar-refractivity contribution in [3.8, 4) is 17.0 Å². The van der Waals surface area contributed by atoms with Gasteiger partial charge in [-0.25, -0.2) is 23.0 Å².